The first-order chi connectivity index (χ1) is 15.9. The van der Waals surface area contributed by atoms with Gasteiger partial charge in [-0.05, 0) is 58.3 Å². The maximum atomic E-state index is 13.1. The van der Waals surface area contributed by atoms with E-state index in [9.17, 15) is 4.79 Å². The van der Waals surface area contributed by atoms with E-state index in [0.717, 1.165) is 34.0 Å². The van der Waals surface area contributed by atoms with Gasteiger partial charge in [0.1, 0.15) is 5.82 Å². The molecule has 0 saturated heterocycles. The van der Waals surface area contributed by atoms with Crippen molar-refractivity contribution < 1.29 is 4.79 Å². The van der Waals surface area contributed by atoms with E-state index < -0.39 is 0 Å². The number of nitrogens with zero attached hydrogens (tertiary/aromatic N) is 6. The number of amides is 1. The Kier molecular flexibility index (Phi) is 6.44. The number of anilines is 1. The Labute approximate surface area is 193 Å². The second kappa shape index (κ2) is 9.60. The number of hydrogen-bond acceptors (Lipinski definition) is 6. The Bertz CT molecular complexity index is 1240. The molecule has 0 radical (unpaired) electrons. The molecule has 2 aromatic carbocycles. The van der Waals surface area contributed by atoms with E-state index in [1.165, 1.54) is 5.56 Å². The number of benzene rings is 2. The molecule has 2 aromatic heterocycles. The van der Waals surface area contributed by atoms with Crippen molar-refractivity contribution in [2.24, 2.45) is 0 Å². The first-order valence-corrected chi connectivity index (χ1v) is 10.8. The molecule has 0 fully saturated rings. The van der Waals surface area contributed by atoms with Crippen molar-refractivity contribution in [1.82, 2.24) is 30.5 Å². The van der Waals surface area contributed by atoms with Crippen LogP contribution in [0, 0.1) is 6.92 Å². The largest absolute Gasteiger partial charge is 0.363 e. The standard InChI is InChI=1S/C25H27N7O/c1-5-23-28-29-30-32(23)22-13-20(19-9-6-17(2)7-10-19)12-21(14-22)25(33)27-16-18-8-11-24(26-15-18)31(3)4/h6-15H,5,16H2,1-4H3,(H,27,33). The van der Waals surface area contributed by atoms with Crippen molar-refractivity contribution >= 4 is 11.7 Å². The van der Waals surface area contributed by atoms with Crippen molar-refractivity contribution in [2.45, 2.75) is 26.8 Å². The molecular weight excluding hydrogens is 414 g/mol. The van der Waals surface area contributed by atoms with E-state index in [0.29, 0.717) is 18.5 Å². The normalized spacial score (nSPS) is 10.8. The molecule has 8 heteroatoms. The number of rotatable bonds is 7. The van der Waals surface area contributed by atoms with Gasteiger partial charge in [0.25, 0.3) is 5.91 Å². The molecule has 0 unspecified atom stereocenters. The Balaban J connectivity index is 1.64. The topological polar surface area (TPSA) is 88.8 Å². The summed E-state index contributed by atoms with van der Waals surface area (Å²) in [5.74, 6) is 1.43. The van der Waals surface area contributed by atoms with E-state index in [-0.39, 0.29) is 5.91 Å². The molecule has 0 bridgehead atoms. The summed E-state index contributed by atoms with van der Waals surface area (Å²) < 4.78 is 1.68. The number of nitrogens with one attached hydrogen (secondary N) is 1. The van der Waals surface area contributed by atoms with E-state index in [4.69, 9.17) is 0 Å². The van der Waals surface area contributed by atoms with Crippen LogP contribution in [0.4, 0.5) is 5.82 Å². The van der Waals surface area contributed by atoms with Gasteiger partial charge in [0.15, 0.2) is 5.82 Å². The number of tetrazole rings is 1. The summed E-state index contributed by atoms with van der Waals surface area (Å²) in [5, 5.41) is 15.0. The van der Waals surface area contributed by atoms with E-state index in [2.05, 4.69) is 50.1 Å². The Morgan fingerprint density at radius 2 is 1.82 bits per heavy atom. The first-order valence-electron chi connectivity index (χ1n) is 10.8. The minimum Gasteiger partial charge on any atom is -0.363 e. The van der Waals surface area contributed by atoms with Crippen LogP contribution in [-0.4, -0.2) is 45.2 Å². The molecule has 1 N–H and O–H groups in total. The van der Waals surface area contributed by atoms with E-state index >= 15 is 0 Å². The van der Waals surface area contributed by atoms with Crippen LogP contribution < -0.4 is 10.2 Å². The van der Waals surface area contributed by atoms with Crippen LogP contribution in [0.25, 0.3) is 16.8 Å². The fourth-order valence-electron chi connectivity index (χ4n) is 3.47. The van der Waals surface area contributed by atoms with Crippen molar-refractivity contribution in [3.8, 4) is 16.8 Å². The number of carbonyl (C=O) groups excluding carboxylic acids is 1. The molecule has 4 rings (SSSR count). The van der Waals surface area contributed by atoms with Gasteiger partial charge < -0.3 is 10.2 Å². The second-order valence-electron chi connectivity index (χ2n) is 8.10. The van der Waals surface area contributed by atoms with Gasteiger partial charge in [-0.3, -0.25) is 4.79 Å². The Hall–Kier alpha value is -4.07. The number of aromatic nitrogens is 5. The van der Waals surface area contributed by atoms with Crippen LogP contribution in [0.3, 0.4) is 0 Å². The van der Waals surface area contributed by atoms with Crippen molar-refractivity contribution in [2.75, 3.05) is 19.0 Å². The third kappa shape index (κ3) is 5.06. The SMILES string of the molecule is CCc1nnnn1-c1cc(C(=O)NCc2ccc(N(C)C)nc2)cc(-c2ccc(C)cc2)c1. The maximum Gasteiger partial charge on any atom is 0.251 e. The minimum atomic E-state index is -0.173. The third-order valence-electron chi connectivity index (χ3n) is 5.38. The van der Waals surface area contributed by atoms with Gasteiger partial charge in [-0.15, -0.1) is 5.10 Å². The van der Waals surface area contributed by atoms with Crippen LogP contribution in [-0.2, 0) is 13.0 Å². The highest BCUT2D eigenvalue weighted by Crippen LogP contribution is 2.25. The lowest BCUT2D eigenvalue weighted by molar-refractivity contribution is 0.0951. The minimum absolute atomic E-state index is 0.173. The van der Waals surface area contributed by atoms with Gasteiger partial charge in [-0.25, -0.2) is 4.98 Å². The first kappa shape index (κ1) is 22.1. The molecule has 33 heavy (non-hydrogen) atoms. The van der Waals surface area contributed by atoms with Crippen LogP contribution in [0.1, 0.15) is 34.2 Å². The fourth-order valence-corrected chi connectivity index (χ4v) is 3.47. The number of carbonyl (C=O) groups is 1. The lowest BCUT2D eigenvalue weighted by Gasteiger charge is -2.13. The fraction of sp³-hybridized carbons (Fsp3) is 0.240. The molecule has 0 aliphatic rings. The molecule has 168 valence electrons. The highest BCUT2D eigenvalue weighted by Gasteiger charge is 2.14. The smallest absolute Gasteiger partial charge is 0.251 e. The van der Waals surface area contributed by atoms with Gasteiger partial charge in [0.05, 0.1) is 5.69 Å². The molecule has 0 saturated carbocycles. The average Bonchev–Trinajstić information content (AvgIpc) is 3.32. The molecule has 4 aromatic rings. The molecular formula is C25H27N7O. The number of aryl methyl sites for hydroxylation is 2. The lowest BCUT2D eigenvalue weighted by Crippen LogP contribution is -2.23. The summed E-state index contributed by atoms with van der Waals surface area (Å²) in [6.45, 7) is 4.43. The molecule has 0 aliphatic carbocycles. The molecule has 0 aliphatic heterocycles. The Morgan fingerprint density at radius 1 is 1.03 bits per heavy atom. The Morgan fingerprint density at radius 3 is 2.48 bits per heavy atom. The predicted octanol–water partition coefficient (Wildman–Crippen LogP) is 3.59. The van der Waals surface area contributed by atoms with Crippen molar-refractivity contribution in [1.29, 1.82) is 0 Å². The lowest BCUT2D eigenvalue weighted by atomic mass is 10.0. The third-order valence-corrected chi connectivity index (χ3v) is 5.38. The molecule has 0 atom stereocenters. The van der Waals surface area contributed by atoms with Gasteiger partial charge in [0, 0.05) is 38.8 Å². The average molecular weight is 442 g/mol. The number of pyridine rings is 1. The predicted molar refractivity (Wildman–Crippen MR) is 128 cm³/mol. The van der Waals surface area contributed by atoms with Gasteiger partial charge in [0.2, 0.25) is 0 Å². The van der Waals surface area contributed by atoms with Crippen molar-refractivity contribution in [3.63, 3.8) is 0 Å². The summed E-state index contributed by atoms with van der Waals surface area (Å²) in [7, 11) is 3.88. The summed E-state index contributed by atoms with van der Waals surface area (Å²) >= 11 is 0. The van der Waals surface area contributed by atoms with Crippen molar-refractivity contribution in [3.05, 3.63) is 83.3 Å². The molecule has 1 amide bonds. The number of hydrogen-bond donors (Lipinski definition) is 1. The zero-order valence-electron chi connectivity index (χ0n) is 19.3. The molecule has 8 nitrogen and oxygen atoms in total. The maximum absolute atomic E-state index is 13.1. The van der Waals surface area contributed by atoms with Crippen LogP contribution in [0.15, 0.2) is 60.8 Å². The van der Waals surface area contributed by atoms with Crippen LogP contribution >= 0.6 is 0 Å². The molecule has 2 heterocycles. The van der Waals surface area contributed by atoms with Gasteiger partial charge >= 0.3 is 0 Å². The van der Waals surface area contributed by atoms with Crippen LogP contribution in [0.5, 0.6) is 0 Å². The zero-order chi connectivity index (χ0) is 23.4. The second-order valence-corrected chi connectivity index (χ2v) is 8.10. The highest BCUT2D eigenvalue weighted by molar-refractivity contribution is 5.96. The zero-order valence-corrected chi connectivity index (χ0v) is 19.3. The van der Waals surface area contributed by atoms with Crippen LogP contribution in [0.2, 0.25) is 0 Å². The van der Waals surface area contributed by atoms with Gasteiger partial charge in [-0.2, -0.15) is 4.68 Å². The summed E-state index contributed by atoms with van der Waals surface area (Å²) in [5.41, 5.74) is 5.34. The summed E-state index contributed by atoms with van der Waals surface area (Å²) in [6, 6.07) is 17.8. The van der Waals surface area contributed by atoms with E-state index in [1.54, 1.807) is 10.9 Å². The highest BCUT2D eigenvalue weighted by atomic mass is 16.1. The quantitative estimate of drug-likeness (QED) is 0.471. The van der Waals surface area contributed by atoms with Gasteiger partial charge in [-0.1, -0.05) is 42.8 Å². The summed E-state index contributed by atoms with van der Waals surface area (Å²) in [4.78, 5) is 19.4. The molecule has 0 spiro atoms. The monoisotopic (exact) mass is 441 g/mol. The van der Waals surface area contributed by atoms with E-state index in [1.807, 2.05) is 63.2 Å². The summed E-state index contributed by atoms with van der Waals surface area (Å²) in [6.07, 6.45) is 2.46.